The van der Waals surface area contributed by atoms with Gasteiger partial charge in [-0.25, -0.2) is 13.4 Å². The van der Waals surface area contributed by atoms with Crippen LogP contribution >= 0.6 is 15.9 Å². The Kier molecular flexibility index (Phi) is 4.85. The number of alkyl halides is 1. The van der Waals surface area contributed by atoms with Crippen LogP contribution < -0.4 is 4.72 Å². The highest BCUT2D eigenvalue weighted by Crippen LogP contribution is 2.25. The Balaban J connectivity index is 2.33. The summed E-state index contributed by atoms with van der Waals surface area (Å²) in [7, 11) is -3.67. The highest BCUT2D eigenvalue weighted by atomic mass is 79.9. The summed E-state index contributed by atoms with van der Waals surface area (Å²) in [5.74, 6) is 0.649. The second kappa shape index (κ2) is 6.29. The molecule has 1 unspecified atom stereocenters. The molecule has 1 aromatic heterocycles. The smallest absolute Gasteiger partial charge is 0.258 e. The number of rotatable bonds is 6. The summed E-state index contributed by atoms with van der Waals surface area (Å²) in [6.45, 7) is 3.75. The molecule has 0 saturated carbocycles. The number of aromatic nitrogens is 2. The first kappa shape index (κ1) is 16.2. The lowest BCUT2D eigenvalue weighted by atomic mass is 9.96. The Hall–Kier alpha value is -1.18. The molecule has 0 spiro atoms. The molecule has 1 aromatic carbocycles. The van der Waals surface area contributed by atoms with Crippen LogP contribution in [0.2, 0.25) is 0 Å². The highest BCUT2D eigenvalue weighted by Gasteiger charge is 2.32. The van der Waals surface area contributed by atoms with E-state index in [1.165, 1.54) is 6.20 Å². The lowest BCUT2D eigenvalue weighted by Crippen LogP contribution is -2.44. The van der Waals surface area contributed by atoms with E-state index in [0.717, 1.165) is 5.56 Å². The van der Waals surface area contributed by atoms with Crippen LogP contribution in [0.4, 0.5) is 0 Å². The van der Waals surface area contributed by atoms with Crippen molar-refractivity contribution in [2.75, 3.05) is 5.33 Å². The minimum Gasteiger partial charge on any atom is -0.332 e. The van der Waals surface area contributed by atoms with E-state index in [2.05, 4.69) is 30.6 Å². The largest absolute Gasteiger partial charge is 0.332 e. The lowest BCUT2D eigenvalue weighted by Gasteiger charge is -2.28. The quantitative estimate of drug-likeness (QED) is 0.766. The van der Waals surface area contributed by atoms with Gasteiger partial charge < -0.3 is 4.98 Å². The Morgan fingerprint density at radius 2 is 2.00 bits per heavy atom. The monoisotopic (exact) mass is 371 g/mol. The third kappa shape index (κ3) is 3.53. The maximum atomic E-state index is 12.5. The predicted molar refractivity (Wildman–Crippen MR) is 85.9 cm³/mol. The van der Waals surface area contributed by atoms with Crippen molar-refractivity contribution in [2.24, 2.45) is 0 Å². The summed E-state index contributed by atoms with van der Waals surface area (Å²) in [5, 5.41) is 0.542. The number of imidazole rings is 1. The van der Waals surface area contributed by atoms with Gasteiger partial charge in [-0.05, 0) is 12.5 Å². The second-order valence-corrected chi connectivity index (χ2v) is 7.20. The van der Waals surface area contributed by atoms with E-state index in [0.29, 0.717) is 17.6 Å². The zero-order valence-electron chi connectivity index (χ0n) is 11.9. The molecule has 0 amide bonds. The van der Waals surface area contributed by atoms with Crippen molar-refractivity contribution in [2.45, 2.75) is 30.8 Å². The molecule has 1 heterocycles. The fourth-order valence-electron chi connectivity index (χ4n) is 1.98. The molecule has 0 aliphatic heterocycles. The van der Waals surface area contributed by atoms with E-state index in [9.17, 15) is 8.42 Å². The number of sulfonamides is 1. The van der Waals surface area contributed by atoms with Crippen LogP contribution in [0.15, 0.2) is 41.6 Å². The van der Waals surface area contributed by atoms with Crippen LogP contribution in [0.3, 0.4) is 0 Å². The molecule has 7 heteroatoms. The number of H-pyrrole nitrogens is 1. The van der Waals surface area contributed by atoms with Crippen molar-refractivity contribution in [3.63, 3.8) is 0 Å². The van der Waals surface area contributed by atoms with Crippen LogP contribution in [0.25, 0.3) is 0 Å². The Labute approximate surface area is 133 Å². The zero-order valence-corrected chi connectivity index (χ0v) is 14.3. The molecule has 0 saturated heterocycles. The summed E-state index contributed by atoms with van der Waals surface area (Å²) in [6, 6.07) is 9.46. The van der Waals surface area contributed by atoms with E-state index in [4.69, 9.17) is 0 Å². The maximum absolute atomic E-state index is 12.5. The zero-order chi connectivity index (χ0) is 15.5. The molecule has 0 bridgehead atoms. The summed E-state index contributed by atoms with van der Waals surface area (Å²) in [4.78, 5) is 6.87. The number of aromatic amines is 1. The molecule has 2 rings (SSSR count). The Morgan fingerprint density at radius 1 is 1.33 bits per heavy atom. The minimum atomic E-state index is -3.67. The lowest BCUT2D eigenvalue weighted by molar-refractivity contribution is 0.480. The van der Waals surface area contributed by atoms with Gasteiger partial charge in [0.1, 0.15) is 5.82 Å². The SMILES string of the molecule is CCc1ncc(S(=O)(=O)NC(C)(CBr)c2ccccc2)[nH]1. The Bertz CT molecular complexity index is 700. The first-order valence-electron chi connectivity index (χ1n) is 6.60. The van der Waals surface area contributed by atoms with Gasteiger partial charge in [-0.2, -0.15) is 4.72 Å². The van der Waals surface area contributed by atoms with Crippen molar-refractivity contribution < 1.29 is 8.42 Å². The van der Waals surface area contributed by atoms with Gasteiger partial charge in [0, 0.05) is 11.8 Å². The molecule has 21 heavy (non-hydrogen) atoms. The number of nitrogens with one attached hydrogen (secondary N) is 2. The first-order valence-corrected chi connectivity index (χ1v) is 9.21. The number of hydrogen-bond donors (Lipinski definition) is 2. The third-order valence-corrected chi connectivity index (χ3v) is 5.89. The summed E-state index contributed by atoms with van der Waals surface area (Å²) >= 11 is 3.40. The second-order valence-electron chi connectivity index (χ2n) is 4.98. The van der Waals surface area contributed by atoms with E-state index < -0.39 is 15.6 Å². The van der Waals surface area contributed by atoms with E-state index in [1.807, 2.05) is 44.2 Å². The molecule has 2 N–H and O–H groups in total. The van der Waals surface area contributed by atoms with Crippen LogP contribution in [-0.2, 0) is 22.0 Å². The number of aryl methyl sites for hydroxylation is 1. The third-order valence-electron chi connectivity index (χ3n) is 3.27. The molecular formula is C14H18BrN3O2S. The van der Waals surface area contributed by atoms with Crippen molar-refractivity contribution in [3.8, 4) is 0 Å². The highest BCUT2D eigenvalue weighted by molar-refractivity contribution is 9.09. The van der Waals surface area contributed by atoms with Gasteiger partial charge in [-0.15, -0.1) is 0 Å². The van der Waals surface area contributed by atoms with Gasteiger partial charge in [0.15, 0.2) is 5.03 Å². The van der Waals surface area contributed by atoms with Gasteiger partial charge >= 0.3 is 0 Å². The molecule has 1 atom stereocenters. The van der Waals surface area contributed by atoms with Crippen molar-refractivity contribution >= 4 is 26.0 Å². The van der Waals surface area contributed by atoms with Gasteiger partial charge in [0.2, 0.25) is 0 Å². The molecule has 0 aliphatic rings. The van der Waals surface area contributed by atoms with Gasteiger partial charge in [0.05, 0.1) is 11.7 Å². The number of nitrogens with zero attached hydrogens (tertiary/aromatic N) is 1. The molecular weight excluding hydrogens is 354 g/mol. The van der Waals surface area contributed by atoms with Crippen molar-refractivity contribution in [1.82, 2.24) is 14.7 Å². The average molecular weight is 372 g/mol. The Morgan fingerprint density at radius 3 is 2.52 bits per heavy atom. The van der Waals surface area contributed by atoms with E-state index in [1.54, 1.807) is 0 Å². The van der Waals surface area contributed by atoms with Crippen molar-refractivity contribution in [3.05, 3.63) is 47.9 Å². The first-order chi connectivity index (χ1) is 9.91. The topological polar surface area (TPSA) is 74.8 Å². The van der Waals surface area contributed by atoms with Gasteiger partial charge in [-0.3, -0.25) is 0 Å². The van der Waals surface area contributed by atoms with Crippen molar-refractivity contribution in [1.29, 1.82) is 0 Å². The van der Waals surface area contributed by atoms with Gasteiger partial charge in [-0.1, -0.05) is 53.2 Å². The molecule has 5 nitrogen and oxygen atoms in total. The van der Waals surface area contributed by atoms with Crippen LogP contribution in [0.1, 0.15) is 25.2 Å². The van der Waals surface area contributed by atoms with Crippen LogP contribution in [0.5, 0.6) is 0 Å². The molecule has 0 fully saturated rings. The number of hydrogen-bond acceptors (Lipinski definition) is 3. The fourth-order valence-corrected chi connectivity index (χ4v) is 3.97. The van der Waals surface area contributed by atoms with Crippen LogP contribution in [-0.4, -0.2) is 23.7 Å². The van der Waals surface area contributed by atoms with Gasteiger partial charge in [0.25, 0.3) is 10.0 Å². The van der Waals surface area contributed by atoms with E-state index >= 15 is 0 Å². The maximum Gasteiger partial charge on any atom is 0.258 e. The minimum absolute atomic E-state index is 0.0856. The molecule has 2 aromatic rings. The molecule has 114 valence electrons. The molecule has 0 radical (unpaired) electrons. The summed E-state index contributed by atoms with van der Waals surface area (Å²) in [6.07, 6.45) is 2.00. The summed E-state index contributed by atoms with van der Waals surface area (Å²) in [5.41, 5.74) is 0.151. The van der Waals surface area contributed by atoms with E-state index in [-0.39, 0.29) is 5.03 Å². The number of halogens is 1. The standard InChI is InChI=1S/C14H18BrN3O2S/c1-3-12-16-9-13(17-12)21(19,20)18-14(2,10-15)11-7-5-4-6-8-11/h4-9,18H,3,10H2,1-2H3,(H,16,17). The normalized spacial score (nSPS) is 14.8. The van der Waals surface area contributed by atoms with Crippen LogP contribution in [0, 0.1) is 0 Å². The number of benzene rings is 1. The fraction of sp³-hybridized carbons (Fsp3) is 0.357. The molecule has 0 aliphatic carbocycles. The predicted octanol–water partition coefficient (Wildman–Crippen LogP) is 2.56. The average Bonchev–Trinajstić information content (AvgIpc) is 2.97. The summed E-state index contributed by atoms with van der Waals surface area (Å²) < 4.78 is 27.8.